The van der Waals surface area contributed by atoms with Gasteiger partial charge in [-0.1, -0.05) is 54.7 Å². The maximum Gasteiger partial charge on any atom is 0.266 e. The van der Waals surface area contributed by atoms with Gasteiger partial charge in [0.2, 0.25) is 0 Å². The number of benzene rings is 2. The van der Waals surface area contributed by atoms with Crippen LogP contribution in [-0.2, 0) is 5.75 Å². The standard InChI is InChI=1S/C21H22Cl2N2OS/c1-4-5-9-27-12-18-24-19-16(10-15(22)11-17(19)23)21(26)25(18)20-13(2)7-6-8-14(20)3/h6-8,10-11H,4-5,9,12H2,1-3H3. The number of rotatable bonds is 6. The molecule has 2 aromatic carbocycles. The summed E-state index contributed by atoms with van der Waals surface area (Å²) in [6, 6.07) is 9.30. The highest BCUT2D eigenvalue weighted by atomic mass is 35.5. The Kier molecular flexibility index (Phi) is 6.51. The van der Waals surface area contributed by atoms with Crippen LogP contribution >= 0.6 is 35.0 Å². The van der Waals surface area contributed by atoms with Crippen LogP contribution in [0, 0.1) is 13.8 Å². The van der Waals surface area contributed by atoms with Gasteiger partial charge in [-0.3, -0.25) is 9.36 Å². The maximum absolute atomic E-state index is 13.4. The Morgan fingerprint density at radius 3 is 2.52 bits per heavy atom. The molecule has 27 heavy (non-hydrogen) atoms. The number of fused-ring (bicyclic) bond motifs is 1. The monoisotopic (exact) mass is 420 g/mol. The van der Waals surface area contributed by atoms with Crippen molar-refractivity contribution in [2.24, 2.45) is 0 Å². The number of halogens is 2. The molecule has 0 atom stereocenters. The van der Waals surface area contributed by atoms with Gasteiger partial charge in [0, 0.05) is 5.02 Å². The Bertz CT molecular complexity index is 1030. The number of hydrogen-bond donors (Lipinski definition) is 0. The lowest BCUT2D eigenvalue weighted by Crippen LogP contribution is -2.25. The summed E-state index contributed by atoms with van der Waals surface area (Å²) in [4.78, 5) is 18.2. The van der Waals surface area contributed by atoms with E-state index in [2.05, 4.69) is 6.92 Å². The van der Waals surface area contributed by atoms with Crippen LogP contribution < -0.4 is 5.56 Å². The summed E-state index contributed by atoms with van der Waals surface area (Å²) in [7, 11) is 0. The van der Waals surface area contributed by atoms with Gasteiger partial charge in [-0.15, -0.1) is 0 Å². The summed E-state index contributed by atoms with van der Waals surface area (Å²) in [6.07, 6.45) is 2.29. The summed E-state index contributed by atoms with van der Waals surface area (Å²) >= 11 is 14.3. The summed E-state index contributed by atoms with van der Waals surface area (Å²) in [5, 5.41) is 1.28. The Labute approximate surface area is 173 Å². The first-order valence-corrected chi connectivity index (χ1v) is 10.9. The highest BCUT2D eigenvalue weighted by Gasteiger charge is 2.18. The molecule has 0 N–H and O–H groups in total. The average Bonchev–Trinajstić information content (AvgIpc) is 2.61. The predicted molar refractivity (Wildman–Crippen MR) is 118 cm³/mol. The van der Waals surface area contributed by atoms with Crippen LogP contribution in [0.15, 0.2) is 35.1 Å². The van der Waals surface area contributed by atoms with Gasteiger partial charge in [0.15, 0.2) is 0 Å². The molecular formula is C21H22Cl2N2OS. The fourth-order valence-electron chi connectivity index (χ4n) is 3.16. The second-order valence-corrected chi connectivity index (χ2v) is 8.55. The molecule has 1 heterocycles. The number of nitrogens with zero attached hydrogens (tertiary/aromatic N) is 2. The summed E-state index contributed by atoms with van der Waals surface area (Å²) in [6.45, 7) is 6.20. The molecule has 0 saturated heterocycles. The van der Waals surface area contributed by atoms with E-state index in [4.69, 9.17) is 28.2 Å². The van der Waals surface area contributed by atoms with E-state index in [0.717, 1.165) is 41.2 Å². The number of hydrogen-bond acceptors (Lipinski definition) is 3. The number of unbranched alkanes of at least 4 members (excludes halogenated alkanes) is 1. The Hall–Kier alpha value is -1.49. The van der Waals surface area contributed by atoms with Crippen molar-refractivity contribution in [1.82, 2.24) is 9.55 Å². The smallest absolute Gasteiger partial charge is 0.266 e. The minimum absolute atomic E-state index is 0.132. The van der Waals surface area contributed by atoms with Crippen molar-refractivity contribution < 1.29 is 0 Å². The summed E-state index contributed by atoms with van der Waals surface area (Å²) < 4.78 is 1.73. The topological polar surface area (TPSA) is 34.9 Å². The highest BCUT2D eigenvalue weighted by molar-refractivity contribution is 7.98. The fraction of sp³-hybridized carbons (Fsp3) is 0.333. The molecule has 0 aliphatic carbocycles. The zero-order valence-corrected chi connectivity index (χ0v) is 18.0. The van der Waals surface area contributed by atoms with Crippen LogP contribution in [0.25, 0.3) is 16.6 Å². The molecule has 0 bridgehead atoms. The van der Waals surface area contributed by atoms with Crippen molar-refractivity contribution in [2.75, 3.05) is 5.75 Å². The van der Waals surface area contributed by atoms with Gasteiger partial charge >= 0.3 is 0 Å². The number of aromatic nitrogens is 2. The van der Waals surface area contributed by atoms with Crippen LogP contribution in [0.3, 0.4) is 0 Å². The first-order valence-electron chi connectivity index (χ1n) is 8.99. The van der Waals surface area contributed by atoms with E-state index in [9.17, 15) is 4.79 Å². The first-order chi connectivity index (χ1) is 12.9. The highest BCUT2D eigenvalue weighted by Crippen LogP contribution is 2.28. The third-order valence-electron chi connectivity index (χ3n) is 4.50. The van der Waals surface area contributed by atoms with E-state index >= 15 is 0 Å². The van der Waals surface area contributed by atoms with Crippen LogP contribution in [-0.4, -0.2) is 15.3 Å². The molecular weight excluding hydrogens is 399 g/mol. The van der Waals surface area contributed by atoms with Gasteiger partial charge < -0.3 is 0 Å². The lowest BCUT2D eigenvalue weighted by atomic mass is 10.1. The van der Waals surface area contributed by atoms with E-state index in [1.54, 1.807) is 28.5 Å². The van der Waals surface area contributed by atoms with Crippen LogP contribution in [0.1, 0.15) is 36.7 Å². The molecule has 0 radical (unpaired) electrons. The van der Waals surface area contributed by atoms with E-state index in [-0.39, 0.29) is 5.56 Å². The molecule has 1 aromatic heterocycles. The Balaban J connectivity index is 2.28. The third kappa shape index (κ3) is 4.18. The Morgan fingerprint density at radius 2 is 1.85 bits per heavy atom. The number of aryl methyl sites for hydroxylation is 2. The molecule has 3 aromatic rings. The van der Waals surface area contributed by atoms with Gasteiger partial charge in [-0.05, 0) is 49.3 Å². The molecule has 0 aliphatic heterocycles. The van der Waals surface area contributed by atoms with E-state index in [1.165, 1.54) is 0 Å². The van der Waals surface area contributed by atoms with Crippen LogP contribution in [0.2, 0.25) is 10.0 Å². The zero-order valence-electron chi connectivity index (χ0n) is 15.7. The lowest BCUT2D eigenvalue weighted by molar-refractivity contribution is 0.865. The lowest BCUT2D eigenvalue weighted by Gasteiger charge is -2.18. The molecule has 0 amide bonds. The largest absolute Gasteiger partial charge is 0.268 e. The van der Waals surface area contributed by atoms with Gasteiger partial charge in [0.1, 0.15) is 5.82 Å². The molecule has 3 nitrogen and oxygen atoms in total. The van der Waals surface area contributed by atoms with E-state index < -0.39 is 0 Å². The fourth-order valence-corrected chi connectivity index (χ4v) is 4.70. The van der Waals surface area contributed by atoms with Gasteiger partial charge in [0.25, 0.3) is 5.56 Å². The normalized spacial score (nSPS) is 11.3. The van der Waals surface area contributed by atoms with Crippen molar-refractivity contribution in [3.63, 3.8) is 0 Å². The van der Waals surface area contributed by atoms with Crippen molar-refractivity contribution in [2.45, 2.75) is 39.4 Å². The summed E-state index contributed by atoms with van der Waals surface area (Å²) in [5.74, 6) is 2.40. The Morgan fingerprint density at radius 1 is 1.15 bits per heavy atom. The van der Waals surface area contributed by atoms with E-state index in [0.29, 0.717) is 26.7 Å². The van der Waals surface area contributed by atoms with Crippen molar-refractivity contribution in [3.05, 3.63) is 67.7 Å². The minimum atomic E-state index is -0.132. The third-order valence-corrected chi connectivity index (χ3v) is 6.04. The zero-order chi connectivity index (χ0) is 19.6. The second-order valence-electron chi connectivity index (χ2n) is 6.60. The van der Waals surface area contributed by atoms with Crippen molar-refractivity contribution >= 4 is 45.9 Å². The van der Waals surface area contributed by atoms with Gasteiger partial charge in [-0.25, -0.2) is 4.98 Å². The van der Waals surface area contributed by atoms with Crippen molar-refractivity contribution in [1.29, 1.82) is 0 Å². The van der Waals surface area contributed by atoms with Gasteiger partial charge in [-0.2, -0.15) is 11.8 Å². The van der Waals surface area contributed by atoms with Gasteiger partial charge in [0.05, 0.1) is 27.4 Å². The van der Waals surface area contributed by atoms with Crippen molar-refractivity contribution in [3.8, 4) is 5.69 Å². The van der Waals surface area contributed by atoms with Crippen LogP contribution in [0.5, 0.6) is 0 Å². The second kappa shape index (κ2) is 8.68. The molecule has 142 valence electrons. The molecule has 0 fully saturated rings. The molecule has 3 rings (SSSR count). The predicted octanol–water partition coefficient (Wildman–Crippen LogP) is 6.34. The van der Waals surface area contributed by atoms with E-state index in [1.807, 2.05) is 32.0 Å². The SMILES string of the molecule is CCCCSCc1nc2c(Cl)cc(Cl)cc2c(=O)n1-c1c(C)cccc1C. The maximum atomic E-state index is 13.4. The molecule has 0 aliphatic rings. The molecule has 0 unspecified atom stereocenters. The minimum Gasteiger partial charge on any atom is -0.268 e. The number of para-hydroxylation sites is 1. The quantitative estimate of drug-likeness (QED) is 0.436. The summed E-state index contributed by atoms with van der Waals surface area (Å²) in [5.41, 5.74) is 3.34. The first kappa shape index (κ1) is 20.2. The molecule has 0 saturated carbocycles. The number of thioether (sulfide) groups is 1. The molecule has 0 spiro atoms. The van der Waals surface area contributed by atoms with Crippen LogP contribution in [0.4, 0.5) is 0 Å². The molecule has 6 heteroatoms. The average molecular weight is 421 g/mol.